The molecule has 0 aliphatic carbocycles. The molecule has 1 unspecified atom stereocenters. The van der Waals surface area contributed by atoms with Gasteiger partial charge in [-0.05, 0) is 36.6 Å². The van der Waals surface area contributed by atoms with Gasteiger partial charge in [0.15, 0.2) is 0 Å². The summed E-state index contributed by atoms with van der Waals surface area (Å²) in [5.41, 5.74) is -0.515. The van der Waals surface area contributed by atoms with E-state index >= 15 is 0 Å². The monoisotopic (exact) mass is 380 g/mol. The summed E-state index contributed by atoms with van der Waals surface area (Å²) in [7, 11) is 0. The number of alkyl halides is 3. The second kappa shape index (κ2) is 7.85. The molecule has 1 saturated heterocycles. The van der Waals surface area contributed by atoms with Crippen molar-refractivity contribution in [2.24, 2.45) is 0 Å². The zero-order valence-corrected chi connectivity index (χ0v) is 14.5. The van der Waals surface area contributed by atoms with Crippen LogP contribution in [0.3, 0.4) is 0 Å². The fourth-order valence-corrected chi connectivity index (χ4v) is 3.18. The van der Waals surface area contributed by atoms with Crippen LogP contribution in [0.1, 0.15) is 29.7 Å². The molecular formula is C19H19F3N2O3. The van der Waals surface area contributed by atoms with Crippen LogP contribution in [0.5, 0.6) is 0 Å². The van der Waals surface area contributed by atoms with Gasteiger partial charge in [0.25, 0.3) is 0 Å². The van der Waals surface area contributed by atoms with E-state index in [0.29, 0.717) is 25.1 Å². The Balaban J connectivity index is 1.62. The molecule has 0 bridgehead atoms. The number of hydrogen-bond donors (Lipinski definition) is 1. The fraction of sp³-hybridized carbons (Fsp3) is 0.368. The maximum absolute atomic E-state index is 12.8. The smallest absolute Gasteiger partial charge is 0.416 e. The number of hydrogen-bond acceptors (Lipinski definition) is 3. The first-order chi connectivity index (χ1) is 12.8. The molecule has 2 heterocycles. The number of furan rings is 1. The summed E-state index contributed by atoms with van der Waals surface area (Å²) >= 11 is 0. The molecule has 144 valence electrons. The number of halogens is 3. The summed E-state index contributed by atoms with van der Waals surface area (Å²) < 4.78 is 43.6. The lowest BCUT2D eigenvalue weighted by Crippen LogP contribution is -2.46. The van der Waals surface area contributed by atoms with Gasteiger partial charge in [-0.25, -0.2) is 0 Å². The van der Waals surface area contributed by atoms with Crippen molar-refractivity contribution >= 4 is 11.8 Å². The lowest BCUT2D eigenvalue weighted by molar-refractivity contribution is -0.138. The average molecular weight is 380 g/mol. The van der Waals surface area contributed by atoms with Crippen LogP contribution < -0.4 is 5.32 Å². The standard InChI is InChI=1S/C19H19F3N2O3/c20-19(21,22)14-5-1-4-13(10-14)11-17(25)24-8-2-7-16(24)18(26)23-12-15-6-3-9-27-15/h1,3-6,9-10,16H,2,7-8,11-12H2,(H,23,26). The third kappa shape index (κ3) is 4.69. The summed E-state index contributed by atoms with van der Waals surface area (Å²) in [6, 6.07) is 7.53. The zero-order chi connectivity index (χ0) is 19.4. The molecule has 3 rings (SSSR count). The Morgan fingerprint density at radius 1 is 1.22 bits per heavy atom. The Morgan fingerprint density at radius 2 is 2.04 bits per heavy atom. The van der Waals surface area contributed by atoms with E-state index in [9.17, 15) is 22.8 Å². The Kier molecular flexibility index (Phi) is 5.53. The summed E-state index contributed by atoms with van der Waals surface area (Å²) in [5, 5.41) is 2.73. The molecule has 1 aliphatic heterocycles. The van der Waals surface area contributed by atoms with Crippen LogP contribution in [0.4, 0.5) is 13.2 Å². The van der Waals surface area contributed by atoms with Crippen molar-refractivity contribution in [3.05, 3.63) is 59.5 Å². The van der Waals surface area contributed by atoms with Gasteiger partial charge in [-0.15, -0.1) is 0 Å². The molecule has 2 amide bonds. The maximum atomic E-state index is 12.8. The molecule has 8 heteroatoms. The number of benzene rings is 1. The molecule has 5 nitrogen and oxygen atoms in total. The second-order valence-electron chi connectivity index (χ2n) is 6.42. The predicted octanol–water partition coefficient (Wildman–Crippen LogP) is 3.15. The lowest BCUT2D eigenvalue weighted by atomic mass is 10.1. The molecule has 27 heavy (non-hydrogen) atoms. The predicted molar refractivity (Wildman–Crippen MR) is 90.4 cm³/mol. The molecule has 0 saturated carbocycles. The molecule has 1 aliphatic rings. The molecule has 1 aromatic heterocycles. The summed E-state index contributed by atoms with van der Waals surface area (Å²) in [6.07, 6.45) is -1.93. The highest BCUT2D eigenvalue weighted by atomic mass is 19.4. The maximum Gasteiger partial charge on any atom is 0.416 e. The molecule has 1 aromatic carbocycles. The van der Waals surface area contributed by atoms with Gasteiger partial charge < -0.3 is 14.6 Å². The number of nitrogens with one attached hydrogen (secondary N) is 1. The van der Waals surface area contributed by atoms with E-state index in [1.165, 1.54) is 23.3 Å². The first-order valence-corrected chi connectivity index (χ1v) is 8.60. The van der Waals surface area contributed by atoms with Crippen LogP contribution in [0.2, 0.25) is 0 Å². The van der Waals surface area contributed by atoms with Crippen molar-refractivity contribution in [3.8, 4) is 0 Å². The normalized spacial score (nSPS) is 17.1. The highest BCUT2D eigenvalue weighted by Gasteiger charge is 2.34. The second-order valence-corrected chi connectivity index (χ2v) is 6.42. The average Bonchev–Trinajstić information content (AvgIpc) is 3.31. The molecule has 0 spiro atoms. The Hall–Kier alpha value is -2.77. The Labute approximate surface area is 154 Å². The van der Waals surface area contributed by atoms with E-state index in [4.69, 9.17) is 4.42 Å². The summed E-state index contributed by atoms with van der Waals surface area (Å²) in [6.45, 7) is 0.634. The molecule has 1 N–H and O–H groups in total. The molecule has 1 fully saturated rings. The number of amides is 2. The third-order valence-electron chi connectivity index (χ3n) is 4.50. The van der Waals surface area contributed by atoms with Crippen molar-refractivity contribution in [1.29, 1.82) is 0 Å². The molecule has 1 atom stereocenters. The van der Waals surface area contributed by atoms with Gasteiger partial charge in [0.2, 0.25) is 11.8 Å². The molecular weight excluding hydrogens is 361 g/mol. The number of carbonyl (C=O) groups is 2. The van der Waals surface area contributed by atoms with Crippen LogP contribution in [-0.4, -0.2) is 29.3 Å². The van der Waals surface area contributed by atoms with Crippen molar-refractivity contribution in [2.45, 2.75) is 38.0 Å². The number of rotatable bonds is 5. The third-order valence-corrected chi connectivity index (χ3v) is 4.50. The zero-order valence-electron chi connectivity index (χ0n) is 14.5. The van der Waals surface area contributed by atoms with E-state index in [1.54, 1.807) is 12.1 Å². The quantitative estimate of drug-likeness (QED) is 0.867. The van der Waals surface area contributed by atoms with Gasteiger partial charge in [0.1, 0.15) is 11.8 Å². The first kappa shape index (κ1) is 19.0. The summed E-state index contributed by atoms with van der Waals surface area (Å²) in [4.78, 5) is 26.4. The minimum atomic E-state index is -4.46. The van der Waals surface area contributed by atoms with Gasteiger partial charge >= 0.3 is 6.18 Å². The largest absolute Gasteiger partial charge is 0.467 e. The van der Waals surface area contributed by atoms with Crippen LogP contribution >= 0.6 is 0 Å². The van der Waals surface area contributed by atoms with Gasteiger partial charge in [0, 0.05) is 6.54 Å². The molecule has 0 radical (unpaired) electrons. The van der Waals surface area contributed by atoms with Gasteiger partial charge in [-0.3, -0.25) is 9.59 Å². The molecule has 2 aromatic rings. The Morgan fingerprint density at radius 3 is 2.74 bits per heavy atom. The van der Waals surface area contributed by atoms with Crippen molar-refractivity contribution < 1.29 is 27.2 Å². The van der Waals surface area contributed by atoms with E-state index in [-0.39, 0.29) is 30.3 Å². The van der Waals surface area contributed by atoms with Gasteiger partial charge in [0.05, 0.1) is 24.8 Å². The van der Waals surface area contributed by atoms with Crippen LogP contribution in [0.15, 0.2) is 47.1 Å². The van der Waals surface area contributed by atoms with E-state index < -0.39 is 17.8 Å². The minimum absolute atomic E-state index is 0.175. The van der Waals surface area contributed by atoms with Crippen molar-refractivity contribution in [2.75, 3.05) is 6.54 Å². The number of nitrogens with zero attached hydrogens (tertiary/aromatic N) is 1. The minimum Gasteiger partial charge on any atom is -0.467 e. The van der Waals surface area contributed by atoms with E-state index in [1.807, 2.05) is 0 Å². The van der Waals surface area contributed by atoms with Gasteiger partial charge in [-0.2, -0.15) is 13.2 Å². The fourth-order valence-electron chi connectivity index (χ4n) is 3.18. The van der Waals surface area contributed by atoms with E-state index in [0.717, 1.165) is 12.1 Å². The number of carbonyl (C=O) groups excluding carboxylic acids is 2. The van der Waals surface area contributed by atoms with Crippen LogP contribution in [-0.2, 0) is 28.7 Å². The van der Waals surface area contributed by atoms with Crippen LogP contribution in [0, 0.1) is 0 Å². The van der Waals surface area contributed by atoms with Gasteiger partial charge in [-0.1, -0.05) is 18.2 Å². The van der Waals surface area contributed by atoms with Crippen molar-refractivity contribution in [3.63, 3.8) is 0 Å². The first-order valence-electron chi connectivity index (χ1n) is 8.60. The highest BCUT2D eigenvalue weighted by Crippen LogP contribution is 2.30. The van der Waals surface area contributed by atoms with Crippen LogP contribution in [0.25, 0.3) is 0 Å². The summed E-state index contributed by atoms with van der Waals surface area (Å²) in [5.74, 6) is -0.0468. The topological polar surface area (TPSA) is 62.6 Å². The highest BCUT2D eigenvalue weighted by molar-refractivity contribution is 5.89. The Bertz CT molecular complexity index is 803. The SMILES string of the molecule is O=C(NCc1ccco1)C1CCCN1C(=O)Cc1cccc(C(F)(F)F)c1. The number of likely N-dealkylation sites (tertiary alicyclic amines) is 1. The van der Waals surface area contributed by atoms with Crippen molar-refractivity contribution in [1.82, 2.24) is 10.2 Å². The lowest BCUT2D eigenvalue weighted by Gasteiger charge is -2.24. The van der Waals surface area contributed by atoms with E-state index in [2.05, 4.69) is 5.32 Å².